The van der Waals surface area contributed by atoms with E-state index in [1.54, 1.807) is 30.5 Å². The number of fused-ring (bicyclic) bond motifs is 2. The predicted octanol–water partition coefficient (Wildman–Crippen LogP) is 3.95. The number of anilines is 2. The Morgan fingerprint density at radius 1 is 1.26 bits per heavy atom. The van der Waals surface area contributed by atoms with E-state index in [9.17, 15) is 8.78 Å². The van der Waals surface area contributed by atoms with Gasteiger partial charge in [-0.25, -0.2) is 0 Å². The van der Waals surface area contributed by atoms with Gasteiger partial charge in [0.15, 0.2) is 17.1 Å². The average molecular weight is 315 g/mol. The molecule has 0 spiro atoms. The third-order valence-electron chi connectivity index (χ3n) is 3.47. The number of halogens is 2. The molecule has 1 aromatic carbocycles. The van der Waals surface area contributed by atoms with Crippen molar-refractivity contribution in [2.75, 3.05) is 5.32 Å². The van der Waals surface area contributed by atoms with Crippen molar-refractivity contribution in [2.24, 2.45) is 0 Å². The molecule has 116 valence electrons. The van der Waals surface area contributed by atoms with E-state index in [0.29, 0.717) is 17.0 Å². The van der Waals surface area contributed by atoms with Crippen LogP contribution in [0, 0.1) is 0 Å². The fraction of sp³-hybridized carbons (Fsp3) is 0.133. The Bertz CT molecular complexity index is 1000. The minimum atomic E-state index is -3.05. The van der Waals surface area contributed by atoms with Gasteiger partial charge in [-0.05, 0) is 24.3 Å². The molecule has 2 N–H and O–H groups in total. The van der Waals surface area contributed by atoms with Crippen molar-refractivity contribution in [3.05, 3.63) is 42.2 Å². The molecular weight excluding hydrogens is 304 g/mol. The topological polar surface area (TPSA) is 79.6 Å². The van der Waals surface area contributed by atoms with E-state index in [2.05, 4.69) is 25.7 Å². The van der Waals surface area contributed by atoms with E-state index in [1.165, 1.54) is 0 Å². The first-order valence-corrected chi connectivity index (χ1v) is 6.86. The number of hydrogen-bond acceptors (Lipinski definition) is 5. The fourth-order valence-corrected chi connectivity index (χ4v) is 2.41. The highest BCUT2D eigenvalue weighted by atomic mass is 19.3. The van der Waals surface area contributed by atoms with Gasteiger partial charge in [-0.15, -0.1) is 0 Å². The second kappa shape index (κ2) is 4.73. The van der Waals surface area contributed by atoms with Crippen LogP contribution in [0.2, 0.25) is 0 Å². The van der Waals surface area contributed by atoms with Crippen LogP contribution in [0.15, 0.2) is 41.1 Å². The molecule has 23 heavy (non-hydrogen) atoms. The van der Waals surface area contributed by atoms with E-state index in [4.69, 9.17) is 4.52 Å². The number of hydrogen-bond donors (Lipinski definition) is 2. The van der Waals surface area contributed by atoms with Gasteiger partial charge in [-0.3, -0.25) is 10.1 Å². The predicted molar refractivity (Wildman–Crippen MR) is 80.7 cm³/mol. The second-order valence-electron chi connectivity index (χ2n) is 5.23. The van der Waals surface area contributed by atoms with Gasteiger partial charge in [0.1, 0.15) is 5.52 Å². The number of pyridine rings is 1. The first-order valence-electron chi connectivity index (χ1n) is 6.86. The molecule has 0 saturated carbocycles. The lowest BCUT2D eigenvalue weighted by molar-refractivity contribution is 0.0112. The molecule has 8 heteroatoms. The Kier molecular flexibility index (Phi) is 2.80. The third-order valence-corrected chi connectivity index (χ3v) is 3.47. The van der Waals surface area contributed by atoms with Crippen molar-refractivity contribution >= 4 is 33.5 Å². The molecule has 0 saturated heterocycles. The smallest absolute Gasteiger partial charge is 0.290 e. The number of benzene rings is 1. The van der Waals surface area contributed by atoms with Crippen molar-refractivity contribution in [3.8, 4) is 0 Å². The van der Waals surface area contributed by atoms with Crippen LogP contribution < -0.4 is 5.32 Å². The van der Waals surface area contributed by atoms with Gasteiger partial charge in [0, 0.05) is 24.9 Å². The Balaban J connectivity index is 1.73. The van der Waals surface area contributed by atoms with E-state index < -0.39 is 5.92 Å². The van der Waals surface area contributed by atoms with Gasteiger partial charge in [0.25, 0.3) is 5.92 Å². The van der Waals surface area contributed by atoms with Gasteiger partial charge in [0.05, 0.1) is 10.9 Å². The summed E-state index contributed by atoms with van der Waals surface area (Å²) >= 11 is 0. The van der Waals surface area contributed by atoms with Crippen LogP contribution in [-0.4, -0.2) is 20.3 Å². The van der Waals surface area contributed by atoms with Crippen molar-refractivity contribution in [3.63, 3.8) is 0 Å². The van der Waals surface area contributed by atoms with E-state index in [0.717, 1.165) is 12.4 Å². The van der Waals surface area contributed by atoms with Crippen molar-refractivity contribution in [1.82, 2.24) is 20.3 Å². The Morgan fingerprint density at radius 2 is 2.13 bits per heavy atom. The number of H-pyrrole nitrogens is 1. The first-order chi connectivity index (χ1) is 11.0. The second-order valence-corrected chi connectivity index (χ2v) is 5.23. The summed E-state index contributed by atoms with van der Waals surface area (Å²) in [5.74, 6) is -2.51. The summed E-state index contributed by atoms with van der Waals surface area (Å²) in [5, 5.41) is 13.8. The molecule has 0 radical (unpaired) electrons. The van der Waals surface area contributed by atoms with Gasteiger partial charge in [0.2, 0.25) is 0 Å². The molecular formula is C15H11F2N5O. The Morgan fingerprint density at radius 3 is 2.96 bits per heavy atom. The van der Waals surface area contributed by atoms with Gasteiger partial charge < -0.3 is 9.84 Å². The average Bonchev–Trinajstić information content (AvgIpc) is 3.11. The van der Waals surface area contributed by atoms with Gasteiger partial charge >= 0.3 is 0 Å². The molecule has 0 aliphatic rings. The summed E-state index contributed by atoms with van der Waals surface area (Å²) in [7, 11) is 0. The lowest BCUT2D eigenvalue weighted by Gasteiger charge is -2.06. The Labute approximate surface area is 128 Å². The van der Waals surface area contributed by atoms with Crippen molar-refractivity contribution < 1.29 is 13.3 Å². The molecule has 3 heterocycles. The minimum absolute atomic E-state index is 0.277. The van der Waals surface area contributed by atoms with Crippen molar-refractivity contribution in [2.45, 2.75) is 12.8 Å². The van der Waals surface area contributed by atoms with Crippen LogP contribution in [0.1, 0.15) is 12.6 Å². The quantitative estimate of drug-likeness (QED) is 0.598. The number of aromatic nitrogens is 4. The van der Waals surface area contributed by atoms with Crippen LogP contribution in [0.5, 0.6) is 0 Å². The van der Waals surface area contributed by atoms with E-state index in [1.807, 2.05) is 6.07 Å². The standard InChI is InChI=1S/C15H11F2N5O/c1-15(16,17)13-9-5-4-8(7-11(9)23-22-13)19-14-12-10(20-21-14)3-2-6-18-12/h2-7H,1H3,(H2,19,20,21). The normalized spacial score (nSPS) is 12.1. The van der Waals surface area contributed by atoms with Crippen LogP contribution in [0.25, 0.3) is 22.0 Å². The zero-order valence-electron chi connectivity index (χ0n) is 12.0. The largest absolute Gasteiger partial charge is 0.356 e. The first kappa shape index (κ1) is 13.6. The molecule has 0 unspecified atom stereocenters. The molecule has 3 aromatic heterocycles. The van der Waals surface area contributed by atoms with E-state index in [-0.39, 0.29) is 16.7 Å². The van der Waals surface area contributed by atoms with Crippen LogP contribution in [-0.2, 0) is 5.92 Å². The van der Waals surface area contributed by atoms with Crippen LogP contribution in [0.4, 0.5) is 20.3 Å². The Hall–Kier alpha value is -3.03. The van der Waals surface area contributed by atoms with Gasteiger partial charge in [-0.1, -0.05) is 5.16 Å². The summed E-state index contributed by atoms with van der Waals surface area (Å²) in [5.41, 5.74) is 2.03. The maximum Gasteiger partial charge on any atom is 0.290 e. The molecule has 4 aromatic rings. The highest BCUT2D eigenvalue weighted by Gasteiger charge is 2.31. The molecule has 4 rings (SSSR count). The molecule has 0 fully saturated rings. The molecule has 0 aliphatic carbocycles. The summed E-state index contributed by atoms with van der Waals surface area (Å²) < 4.78 is 31.9. The molecule has 0 atom stereocenters. The van der Waals surface area contributed by atoms with Crippen LogP contribution >= 0.6 is 0 Å². The zero-order chi connectivity index (χ0) is 16.0. The summed E-state index contributed by atoms with van der Waals surface area (Å²) in [6.45, 7) is 0.790. The van der Waals surface area contributed by atoms with Gasteiger partial charge in [-0.2, -0.15) is 13.9 Å². The third kappa shape index (κ3) is 2.28. The lowest BCUT2D eigenvalue weighted by Crippen LogP contribution is -2.07. The zero-order valence-corrected chi connectivity index (χ0v) is 12.0. The molecule has 6 nitrogen and oxygen atoms in total. The fourth-order valence-electron chi connectivity index (χ4n) is 2.41. The number of nitrogens with zero attached hydrogens (tertiary/aromatic N) is 3. The molecule has 0 bridgehead atoms. The summed E-state index contributed by atoms with van der Waals surface area (Å²) in [6, 6.07) is 8.47. The highest BCUT2D eigenvalue weighted by Crippen LogP contribution is 2.34. The number of alkyl halides is 2. The number of rotatable bonds is 3. The highest BCUT2D eigenvalue weighted by molar-refractivity contribution is 5.89. The SMILES string of the molecule is CC(F)(F)c1noc2cc(Nc3n[nH]c4cccnc34)ccc12. The maximum atomic E-state index is 13.4. The monoisotopic (exact) mass is 315 g/mol. The van der Waals surface area contributed by atoms with Crippen LogP contribution in [0.3, 0.4) is 0 Å². The summed E-state index contributed by atoms with van der Waals surface area (Å²) in [6.07, 6.45) is 1.66. The number of nitrogens with one attached hydrogen (secondary N) is 2. The van der Waals surface area contributed by atoms with E-state index >= 15 is 0 Å². The summed E-state index contributed by atoms with van der Waals surface area (Å²) in [4.78, 5) is 4.24. The minimum Gasteiger partial charge on any atom is -0.356 e. The molecule has 0 aliphatic heterocycles. The maximum absolute atomic E-state index is 13.4. The lowest BCUT2D eigenvalue weighted by atomic mass is 10.1. The molecule has 0 amide bonds. The van der Waals surface area contributed by atoms with Crippen molar-refractivity contribution in [1.29, 1.82) is 0 Å². The number of aromatic amines is 1.